The Morgan fingerprint density at radius 1 is 1.60 bits per heavy atom. The summed E-state index contributed by atoms with van der Waals surface area (Å²) < 4.78 is -0.0578. The zero-order valence-electron chi connectivity index (χ0n) is 3.26. The summed E-state index contributed by atoms with van der Waals surface area (Å²) in [5.41, 5.74) is 0. The van der Waals surface area contributed by atoms with E-state index in [1.807, 2.05) is 13.8 Å². The molecule has 0 aliphatic heterocycles. The van der Waals surface area contributed by atoms with Crippen molar-refractivity contribution < 1.29 is 0 Å². The van der Waals surface area contributed by atoms with Crippen LogP contribution in [0.1, 0.15) is 13.8 Å². The molecule has 0 rings (SSSR count). The molecule has 0 saturated heterocycles. The highest BCUT2D eigenvalue weighted by Crippen LogP contribution is 2.20. The first-order valence-corrected chi connectivity index (χ1v) is 2.83. The molecular weight excluding hydrogens is 198 g/mol. The summed E-state index contributed by atoms with van der Waals surface area (Å²) in [6, 6.07) is 0. The summed E-state index contributed by atoms with van der Waals surface area (Å²) in [4.78, 5) is 0. The molecule has 0 aliphatic carbocycles. The van der Waals surface area contributed by atoms with Gasteiger partial charge < -0.3 is 0 Å². The van der Waals surface area contributed by atoms with Crippen molar-refractivity contribution in [2.45, 2.75) is 16.7 Å². The van der Waals surface area contributed by atoms with Crippen LogP contribution in [0, 0.1) is 0 Å². The Kier molecular flexibility index (Phi) is 1.98. The lowest BCUT2D eigenvalue weighted by atomic mass is 10.6. The molecular formula is C3H6ClI. The Hall–Kier alpha value is 1.02. The second-order valence-electron chi connectivity index (χ2n) is 1.33. The maximum absolute atomic E-state index is 5.52. The van der Waals surface area contributed by atoms with Gasteiger partial charge in [0.25, 0.3) is 0 Å². The van der Waals surface area contributed by atoms with Crippen molar-refractivity contribution in [1.82, 2.24) is 0 Å². The van der Waals surface area contributed by atoms with Crippen LogP contribution in [0.4, 0.5) is 0 Å². The van der Waals surface area contributed by atoms with Gasteiger partial charge >= 0.3 is 0 Å². The minimum atomic E-state index is -0.0578. The van der Waals surface area contributed by atoms with Gasteiger partial charge in [-0.3, -0.25) is 0 Å². The van der Waals surface area contributed by atoms with Crippen molar-refractivity contribution in [3.8, 4) is 0 Å². The average molecular weight is 204 g/mol. The van der Waals surface area contributed by atoms with Crippen LogP contribution in [-0.4, -0.2) is 2.88 Å². The van der Waals surface area contributed by atoms with Crippen molar-refractivity contribution in [2.24, 2.45) is 0 Å². The molecule has 0 nitrogen and oxygen atoms in total. The first-order valence-electron chi connectivity index (χ1n) is 1.38. The highest BCUT2D eigenvalue weighted by molar-refractivity contribution is 14.1. The quantitative estimate of drug-likeness (QED) is 0.420. The third-order valence-corrected chi connectivity index (χ3v) is 0. The third-order valence-electron chi connectivity index (χ3n) is 0. The van der Waals surface area contributed by atoms with Gasteiger partial charge in [0.05, 0.1) is 2.88 Å². The maximum atomic E-state index is 5.52. The predicted octanol–water partition coefficient (Wildman–Crippen LogP) is 2.40. The first kappa shape index (κ1) is 6.02. The summed E-state index contributed by atoms with van der Waals surface area (Å²) in [6.45, 7) is 3.88. The Labute approximate surface area is 51.0 Å². The van der Waals surface area contributed by atoms with Crippen LogP contribution in [0.5, 0.6) is 0 Å². The van der Waals surface area contributed by atoms with Crippen LogP contribution in [0.15, 0.2) is 0 Å². The second-order valence-corrected chi connectivity index (χ2v) is 5.61. The fourth-order valence-electron chi connectivity index (χ4n) is 0. The molecule has 0 unspecified atom stereocenters. The van der Waals surface area contributed by atoms with Gasteiger partial charge in [0.15, 0.2) is 0 Å². The van der Waals surface area contributed by atoms with E-state index in [2.05, 4.69) is 22.6 Å². The predicted molar refractivity (Wildman–Crippen MR) is 34.0 cm³/mol. The number of alkyl halides is 2. The number of halogens is 2. The molecule has 0 bridgehead atoms. The second kappa shape index (κ2) is 1.65. The fourth-order valence-corrected chi connectivity index (χ4v) is 0. The smallest absolute Gasteiger partial charge is 0.0901 e. The van der Waals surface area contributed by atoms with Gasteiger partial charge in [-0.2, -0.15) is 0 Å². The molecule has 0 atom stereocenters. The summed E-state index contributed by atoms with van der Waals surface area (Å²) in [6.07, 6.45) is 0. The minimum absolute atomic E-state index is 0.0578. The minimum Gasteiger partial charge on any atom is -0.108 e. The third kappa shape index (κ3) is 44.0. The standard InChI is InChI=1S/C3H6ClI/c1-3(2,4)5/h1-2H3. The van der Waals surface area contributed by atoms with Gasteiger partial charge in [0.1, 0.15) is 0 Å². The van der Waals surface area contributed by atoms with Crippen LogP contribution in [-0.2, 0) is 0 Å². The van der Waals surface area contributed by atoms with Crippen LogP contribution in [0.3, 0.4) is 0 Å². The largest absolute Gasteiger partial charge is 0.108 e. The molecule has 32 valence electrons. The molecule has 0 heterocycles. The molecule has 0 saturated carbocycles. The van der Waals surface area contributed by atoms with Crippen LogP contribution in [0.25, 0.3) is 0 Å². The summed E-state index contributed by atoms with van der Waals surface area (Å²) in [5, 5.41) is 0. The van der Waals surface area contributed by atoms with Crippen LogP contribution >= 0.6 is 34.2 Å². The number of rotatable bonds is 0. The van der Waals surface area contributed by atoms with E-state index in [0.717, 1.165) is 0 Å². The highest BCUT2D eigenvalue weighted by atomic mass is 127. The fraction of sp³-hybridized carbons (Fsp3) is 1.00. The topological polar surface area (TPSA) is 0 Å². The molecule has 0 aliphatic rings. The van der Waals surface area contributed by atoms with Crippen molar-refractivity contribution in [2.75, 3.05) is 0 Å². The molecule has 0 aromatic rings. The van der Waals surface area contributed by atoms with Crippen LogP contribution < -0.4 is 0 Å². The van der Waals surface area contributed by atoms with Gasteiger partial charge in [0.2, 0.25) is 0 Å². The molecule has 2 heteroatoms. The van der Waals surface area contributed by atoms with Gasteiger partial charge in [-0.25, -0.2) is 0 Å². The molecule has 0 fully saturated rings. The van der Waals surface area contributed by atoms with E-state index in [0.29, 0.717) is 0 Å². The first-order chi connectivity index (χ1) is 2.00. The molecule has 0 spiro atoms. The molecule has 0 aromatic heterocycles. The highest BCUT2D eigenvalue weighted by Gasteiger charge is 2.02. The van der Waals surface area contributed by atoms with E-state index in [9.17, 15) is 0 Å². The molecule has 5 heavy (non-hydrogen) atoms. The number of hydrogen-bond donors (Lipinski definition) is 0. The Morgan fingerprint density at radius 3 is 1.60 bits per heavy atom. The normalized spacial score (nSPS) is 12.0. The molecule has 0 N–H and O–H groups in total. The monoisotopic (exact) mass is 204 g/mol. The molecule has 0 amide bonds. The summed E-state index contributed by atoms with van der Waals surface area (Å²) in [7, 11) is 0. The van der Waals surface area contributed by atoms with Gasteiger partial charge in [-0.1, -0.05) is 22.6 Å². The summed E-state index contributed by atoms with van der Waals surface area (Å²) in [5.74, 6) is 0. The van der Waals surface area contributed by atoms with E-state index in [1.54, 1.807) is 0 Å². The molecule has 0 radical (unpaired) electrons. The maximum Gasteiger partial charge on any atom is 0.0901 e. The van der Waals surface area contributed by atoms with Gasteiger partial charge in [0, 0.05) is 0 Å². The van der Waals surface area contributed by atoms with E-state index < -0.39 is 0 Å². The van der Waals surface area contributed by atoms with Crippen molar-refractivity contribution in [3.63, 3.8) is 0 Å². The molecule has 0 aromatic carbocycles. The zero-order valence-corrected chi connectivity index (χ0v) is 6.17. The lowest BCUT2D eigenvalue weighted by molar-refractivity contribution is 1.06. The van der Waals surface area contributed by atoms with E-state index >= 15 is 0 Å². The lowest BCUT2D eigenvalue weighted by Gasteiger charge is -1.99. The van der Waals surface area contributed by atoms with Crippen molar-refractivity contribution in [1.29, 1.82) is 0 Å². The zero-order chi connectivity index (χ0) is 4.50. The SMILES string of the molecule is CC(C)(Cl)I. The Bertz CT molecular complexity index is 22.4. The van der Waals surface area contributed by atoms with Crippen molar-refractivity contribution >= 4 is 34.2 Å². The van der Waals surface area contributed by atoms with Gasteiger partial charge in [-0.05, 0) is 13.8 Å². The van der Waals surface area contributed by atoms with Crippen molar-refractivity contribution in [3.05, 3.63) is 0 Å². The van der Waals surface area contributed by atoms with E-state index in [4.69, 9.17) is 11.6 Å². The Balaban J connectivity index is 3.02. The van der Waals surface area contributed by atoms with E-state index in [-0.39, 0.29) is 2.88 Å². The Morgan fingerprint density at radius 2 is 1.60 bits per heavy atom. The van der Waals surface area contributed by atoms with E-state index in [1.165, 1.54) is 0 Å². The summed E-state index contributed by atoms with van der Waals surface area (Å²) >= 11 is 7.66. The van der Waals surface area contributed by atoms with Gasteiger partial charge in [-0.15, -0.1) is 11.6 Å². The lowest BCUT2D eigenvalue weighted by Crippen LogP contribution is -1.92. The number of hydrogen-bond acceptors (Lipinski definition) is 0. The average Bonchev–Trinajstić information content (AvgIpc) is 0.722. The van der Waals surface area contributed by atoms with Crippen LogP contribution in [0.2, 0.25) is 0 Å².